The number of aromatic nitrogens is 1. The molecule has 17 heavy (non-hydrogen) atoms. The molecule has 0 aliphatic rings. The van der Waals surface area contributed by atoms with Crippen molar-refractivity contribution in [3.63, 3.8) is 0 Å². The smallest absolute Gasteiger partial charge is 0.107 e. The van der Waals surface area contributed by atoms with Crippen LogP contribution in [0.2, 0.25) is 0 Å². The first-order chi connectivity index (χ1) is 8.10. The second-order valence-electron chi connectivity index (χ2n) is 4.42. The highest BCUT2D eigenvalue weighted by Gasteiger charge is 2.07. The fraction of sp³-hybridized carbons (Fsp3) is 0.357. The van der Waals surface area contributed by atoms with Gasteiger partial charge in [-0.05, 0) is 37.5 Å². The maximum absolute atomic E-state index is 5.62. The minimum absolute atomic E-state index is 0.540. The molecular formula is C14H18N2S. The molecule has 0 bridgehead atoms. The second-order valence-corrected chi connectivity index (χ2v) is 5.58. The molecule has 0 amide bonds. The molecule has 1 aromatic carbocycles. The topological polar surface area (TPSA) is 38.9 Å². The van der Waals surface area contributed by atoms with Crippen molar-refractivity contribution >= 4 is 11.3 Å². The zero-order chi connectivity index (χ0) is 12.4. The minimum Gasteiger partial charge on any atom is -0.325 e. The van der Waals surface area contributed by atoms with Gasteiger partial charge in [0.15, 0.2) is 0 Å². The number of rotatable bonds is 3. The van der Waals surface area contributed by atoms with Crippen molar-refractivity contribution in [3.05, 3.63) is 50.5 Å². The van der Waals surface area contributed by atoms with Crippen LogP contribution < -0.4 is 5.73 Å². The van der Waals surface area contributed by atoms with Gasteiger partial charge < -0.3 is 5.73 Å². The van der Waals surface area contributed by atoms with Gasteiger partial charge >= 0.3 is 0 Å². The van der Waals surface area contributed by atoms with Crippen LogP contribution in [0.3, 0.4) is 0 Å². The molecule has 3 heteroatoms. The number of thiazole rings is 1. The number of hydrogen-bond acceptors (Lipinski definition) is 3. The second kappa shape index (κ2) is 4.98. The van der Waals surface area contributed by atoms with Gasteiger partial charge in [0.1, 0.15) is 5.01 Å². The fourth-order valence-corrected chi connectivity index (χ4v) is 2.82. The molecule has 0 spiro atoms. The number of nitrogens with zero attached hydrogens (tertiary/aromatic N) is 1. The monoisotopic (exact) mass is 246 g/mol. The highest BCUT2D eigenvalue weighted by Crippen LogP contribution is 2.22. The van der Waals surface area contributed by atoms with Crippen molar-refractivity contribution in [2.75, 3.05) is 0 Å². The van der Waals surface area contributed by atoms with Gasteiger partial charge in [0.05, 0.1) is 5.69 Å². The van der Waals surface area contributed by atoms with Crippen LogP contribution in [0.1, 0.15) is 32.3 Å². The maximum atomic E-state index is 5.62. The third-order valence-electron chi connectivity index (χ3n) is 3.05. The molecule has 1 aromatic heterocycles. The zero-order valence-corrected chi connectivity index (χ0v) is 11.4. The lowest BCUT2D eigenvalue weighted by Crippen LogP contribution is -1.94. The van der Waals surface area contributed by atoms with Gasteiger partial charge in [-0.2, -0.15) is 0 Å². The first-order valence-corrected chi connectivity index (χ1v) is 6.63. The van der Waals surface area contributed by atoms with Gasteiger partial charge in [0.25, 0.3) is 0 Å². The van der Waals surface area contributed by atoms with E-state index in [0.29, 0.717) is 6.54 Å². The first kappa shape index (κ1) is 12.3. The van der Waals surface area contributed by atoms with E-state index in [-0.39, 0.29) is 0 Å². The zero-order valence-electron chi connectivity index (χ0n) is 10.6. The van der Waals surface area contributed by atoms with Crippen molar-refractivity contribution in [3.8, 4) is 0 Å². The Morgan fingerprint density at radius 3 is 2.53 bits per heavy atom. The Kier molecular flexibility index (Phi) is 3.60. The van der Waals surface area contributed by atoms with E-state index in [1.54, 1.807) is 11.3 Å². The molecule has 2 nitrogen and oxygen atoms in total. The summed E-state index contributed by atoms with van der Waals surface area (Å²) < 4.78 is 0. The largest absolute Gasteiger partial charge is 0.325 e. The standard InChI is InChI=1S/C14H18N2S/c1-9-4-5-12(6-10(9)2)7-13-11(3)16-14(8-15)17-13/h4-6H,7-8,15H2,1-3H3. The Morgan fingerprint density at radius 1 is 1.18 bits per heavy atom. The Balaban J connectivity index is 2.24. The summed E-state index contributed by atoms with van der Waals surface area (Å²) in [5, 5.41) is 1.03. The molecule has 0 radical (unpaired) electrons. The molecule has 90 valence electrons. The third-order valence-corrected chi connectivity index (χ3v) is 4.23. The molecule has 0 saturated heterocycles. The van der Waals surface area contributed by atoms with Gasteiger partial charge in [0, 0.05) is 17.8 Å². The quantitative estimate of drug-likeness (QED) is 0.903. The number of nitrogens with two attached hydrogens (primary N) is 1. The highest BCUT2D eigenvalue weighted by atomic mass is 32.1. The third kappa shape index (κ3) is 2.73. The van der Waals surface area contributed by atoms with E-state index in [4.69, 9.17) is 5.73 Å². The summed E-state index contributed by atoms with van der Waals surface area (Å²) in [5.74, 6) is 0. The molecule has 2 aromatic rings. The van der Waals surface area contributed by atoms with Gasteiger partial charge in [0.2, 0.25) is 0 Å². The molecule has 0 fully saturated rings. The molecule has 2 N–H and O–H groups in total. The van der Waals surface area contributed by atoms with Gasteiger partial charge in [-0.1, -0.05) is 18.2 Å². The Bertz CT molecular complexity index is 529. The van der Waals surface area contributed by atoms with Crippen LogP contribution in [0.4, 0.5) is 0 Å². The molecule has 0 aliphatic heterocycles. The number of benzene rings is 1. The lowest BCUT2D eigenvalue weighted by molar-refractivity contribution is 1.01. The van der Waals surface area contributed by atoms with Crippen LogP contribution in [0.15, 0.2) is 18.2 Å². The lowest BCUT2D eigenvalue weighted by Gasteiger charge is -2.04. The lowest BCUT2D eigenvalue weighted by atomic mass is 10.0. The van der Waals surface area contributed by atoms with Crippen molar-refractivity contribution in [1.29, 1.82) is 0 Å². The summed E-state index contributed by atoms with van der Waals surface area (Å²) in [5.41, 5.74) is 10.8. The van der Waals surface area contributed by atoms with Crippen LogP contribution in [-0.2, 0) is 13.0 Å². The van der Waals surface area contributed by atoms with Crippen LogP contribution >= 0.6 is 11.3 Å². The number of aryl methyl sites for hydroxylation is 3. The summed E-state index contributed by atoms with van der Waals surface area (Å²) in [4.78, 5) is 5.79. The van der Waals surface area contributed by atoms with Crippen molar-refractivity contribution in [2.45, 2.75) is 33.7 Å². The average Bonchev–Trinajstić information content (AvgIpc) is 2.65. The molecule has 0 unspecified atom stereocenters. The molecule has 0 atom stereocenters. The highest BCUT2D eigenvalue weighted by molar-refractivity contribution is 7.11. The summed E-state index contributed by atoms with van der Waals surface area (Å²) in [6.45, 7) is 6.90. The Labute approximate surface area is 107 Å². The summed E-state index contributed by atoms with van der Waals surface area (Å²) >= 11 is 1.73. The first-order valence-electron chi connectivity index (χ1n) is 5.81. The Hall–Kier alpha value is -1.19. The minimum atomic E-state index is 0.540. The van der Waals surface area contributed by atoms with Gasteiger partial charge in [-0.15, -0.1) is 11.3 Å². The molecular weight excluding hydrogens is 228 g/mol. The van der Waals surface area contributed by atoms with Crippen LogP contribution in [-0.4, -0.2) is 4.98 Å². The van der Waals surface area contributed by atoms with E-state index in [0.717, 1.165) is 17.1 Å². The van der Waals surface area contributed by atoms with Crippen molar-refractivity contribution < 1.29 is 0 Å². The Morgan fingerprint density at radius 2 is 1.94 bits per heavy atom. The van der Waals surface area contributed by atoms with E-state index < -0.39 is 0 Å². The van der Waals surface area contributed by atoms with E-state index in [9.17, 15) is 0 Å². The van der Waals surface area contributed by atoms with Crippen molar-refractivity contribution in [2.24, 2.45) is 5.73 Å². The summed E-state index contributed by atoms with van der Waals surface area (Å²) in [6.07, 6.45) is 0.963. The molecule has 0 saturated carbocycles. The molecule has 1 heterocycles. The average molecular weight is 246 g/mol. The van der Waals surface area contributed by atoms with Crippen LogP contribution in [0.25, 0.3) is 0 Å². The summed E-state index contributed by atoms with van der Waals surface area (Å²) in [6, 6.07) is 6.64. The summed E-state index contributed by atoms with van der Waals surface area (Å²) in [7, 11) is 0. The molecule has 0 aliphatic carbocycles. The van der Waals surface area contributed by atoms with E-state index in [2.05, 4.69) is 44.0 Å². The van der Waals surface area contributed by atoms with Gasteiger partial charge in [-0.25, -0.2) is 4.98 Å². The van der Waals surface area contributed by atoms with Crippen molar-refractivity contribution in [1.82, 2.24) is 4.98 Å². The predicted octanol–water partition coefficient (Wildman–Crippen LogP) is 3.12. The van der Waals surface area contributed by atoms with Gasteiger partial charge in [-0.3, -0.25) is 0 Å². The van der Waals surface area contributed by atoms with Crippen LogP contribution in [0, 0.1) is 20.8 Å². The fourth-order valence-electron chi connectivity index (χ4n) is 1.84. The molecule has 2 rings (SSSR count). The number of hydrogen-bond donors (Lipinski definition) is 1. The maximum Gasteiger partial charge on any atom is 0.107 e. The van der Waals surface area contributed by atoms with E-state index in [1.165, 1.54) is 21.6 Å². The van der Waals surface area contributed by atoms with E-state index in [1.807, 2.05) is 0 Å². The van der Waals surface area contributed by atoms with Crippen LogP contribution in [0.5, 0.6) is 0 Å². The van der Waals surface area contributed by atoms with E-state index >= 15 is 0 Å². The predicted molar refractivity (Wildman–Crippen MR) is 73.5 cm³/mol. The SMILES string of the molecule is Cc1ccc(Cc2sc(CN)nc2C)cc1C. The normalized spacial score (nSPS) is 10.8.